The summed E-state index contributed by atoms with van der Waals surface area (Å²) in [6, 6.07) is 0. The van der Waals surface area contributed by atoms with E-state index in [0.717, 1.165) is 32.7 Å². The Balaban J connectivity index is 2.15. The molecular weight excluding hydrogens is 244 g/mol. The Labute approximate surface area is 114 Å². The van der Waals surface area contributed by atoms with E-state index >= 15 is 0 Å². The van der Waals surface area contributed by atoms with Crippen LogP contribution in [0.3, 0.4) is 0 Å². The molecule has 0 bridgehead atoms. The summed E-state index contributed by atoms with van der Waals surface area (Å²) in [5.41, 5.74) is 1.27. The number of aromatic nitrogens is 1. The number of anilines is 1. The van der Waals surface area contributed by atoms with Crippen LogP contribution in [0.25, 0.3) is 0 Å². The summed E-state index contributed by atoms with van der Waals surface area (Å²) in [4.78, 5) is 11.1. The van der Waals surface area contributed by atoms with Crippen molar-refractivity contribution in [2.75, 3.05) is 45.2 Å². The van der Waals surface area contributed by atoms with E-state index in [2.05, 4.69) is 36.0 Å². The molecule has 0 aromatic carbocycles. The first-order valence-corrected chi connectivity index (χ1v) is 7.51. The lowest BCUT2D eigenvalue weighted by Gasteiger charge is -2.32. The van der Waals surface area contributed by atoms with Crippen molar-refractivity contribution < 1.29 is 0 Å². The smallest absolute Gasteiger partial charge is 0.185 e. The van der Waals surface area contributed by atoms with Gasteiger partial charge in [-0.25, -0.2) is 4.98 Å². The molecule has 5 heteroatoms. The SMILES string of the molecule is CNCc1sc(N2CCN(C)CC2)nc1C(C)C. The standard InChI is InChI=1S/C13H24N4S/c1-10(2)12-11(9-14-3)18-13(15-12)17-7-5-16(4)6-8-17/h10,14H,5-9H2,1-4H3. The molecule has 2 rings (SSSR count). The van der Waals surface area contributed by atoms with Crippen LogP contribution in [-0.2, 0) is 6.54 Å². The molecule has 0 spiro atoms. The van der Waals surface area contributed by atoms with Gasteiger partial charge in [0, 0.05) is 37.6 Å². The van der Waals surface area contributed by atoms with Gasteiger partial charge in [-0.3, -0.25) is 0 Å². The molecule has 1 aliphatic rings. The van der Waals surface area contributed by atoms with Gasteiger partial charge >= 0.3 is 0 Å². The van der Waals surface area contributed by atoms with Gasteiger partial charge in [0.05, 0.1) is 5.69 Å². The quantitative estimate of drug-likeness (QED) is 0.901. The fourth-order valence-corrected chi connectivity index (χ4v) is 3.50. The van der Waals surface area contributed by atoms with Crippen LogP contribution in [0.4, 0.5) is 5.13 Å². The van der Waals surface area contributed by atoms with Crippen molar-refractivity contribution in [3.8, 4) is 0 Å². The number of nitrogens with one attached hydrogen (secondary N) is 1. The molecule has 4 nitrogen and oxygen atoms in total. The normalized spacial score (nSPS) is 17.7. The van der Waals surface area contributed by atoms with Crippen molar-refractivity contribution in [2.24, 2.45) is 0 Å². The first-order chi connectivity index (χ1) is 8.61. The molecule has 1 N–H and O–H groups in total. The van der Waals surface area contributed by atoms with Gasteiger partial charge in [-0.15, -0.1) is 11.3 Å². The van der Waals surface area contributed by atoms with Crippen molar-refractivity contribution in [2.45, 2.75) is 26.3 Å². The minimum atomic E-state index is 0.505. The average Bonchev–Trinajstić information content (AvgIpc) is 2.75. The van der Waals surface area contributed by atoms with E-state index in [1.807, 2.05) is 18.4 Å². The zero-order valence-electron chi connectivity index (χ0n) is 11.9. The van der Waals surface area contributed by atoms with E-state index in [4.69, 9.17) is 4.98 Å². The highest BCUT2D eigenvalue weighted by Gasteiger charge is 2.20. The number of rotatable bonds is 4. The summed E-state index contributed by atoms with van der Waals surface area (Å²) in [5.74, 6) is 0.505. The third-order valence-electron chi connectivity index (χ3n) is 3.37. The fraction of sp³-hybridized carbons (Fsp3) is 0.769. The Morgan fingerprint density at radius 2 is 1.94 bits per heavy atom. The van der Waals surface area contributed by atoms with E-state index in [1.165, 1.54) is 15.7 Å². The van der Waals surface area contributed by atoms with E-state index in [9.17, 15) is 0 Å². The highest BCUT2D eigenvalue weighted by Crippen LogP contribution is 2.31. The highest BCUT2D eigenvalue weighted by atomic mass is 32.1. The van der Waals surface area contributed by atoms with Crippen LogP contribution in [-0.4, -0.2) is 50.2 Å². The maximum Gasteiger partial charge on any atom is 0.185 e. The van der Waals surface area contributed by atoms with Gasteiger partial charge in [0.1, 0.15) is 0 Å². The van der Waals surface area contributed by atoms with Gasteiger partial charge in [-0.1, -0.05) is 13.8 Å². The van der Waals surface area contributed by atoms with Crippen molar-refractivity contribution >= 4 is 16.5 Å². The fourth-order valence-electron chi connectivity index (χ4n) is 2.22. The predicted octanol–water partition coefficient (Wildman–Crippen LogP) is 1.74. The van der Waals surface area contributed by atoms with E-state index in [-0.39, 0.29) is 0 Å². The Bertz CT molecular complexity index is 380. The molecule has 2 heterocycles. The number of hydrogen-bond donors (Lipinski definition) is 1. The number of likely N-dealkylation sites (N-methyl/N-ethyl adjacent to an activating group) is 1. The van der Waals surface area contributed by atoms with E-state index < -0.39 is 0 Å². The molecule has 0 aliphatic carbocycles. The van der Waals surface area contributed by atoms with Gasteiger partial charge in [0.2, 0.25) is 0 Å². The van der Waals surface area contributed by atoms with Crippen molar-refractivity contribution in [3.05, 3.63) is 10.6 Å². The molecule has 1 aromatic heterocycles. The van der Waals surface area contributed by atoms with Crippen molar-refractivity contribution in [3.63, 3.8) is 0 Å². The Morgan fingerprint density at radius 1 is 1.28 bits per heavy atom. The molecule has 0 unspecified atom stereocenters. The van der Waals surface area contributed by atoms with Crippen molar-refractivity contribution in [1.29, 1.82) is 0 Å². The second-order valence-electron chi connectivity index (χ2n) is 5.28. The first-order valence-electron chi connectivity index (χ1n) is 6.69. The maximum atomic E-state index is 4.86. The summed E-state index contributed by atoms with van der Waals surface area (Å²) in [5, 5.41) is 4.45. The Morgan fingerprint density at radius 3 is 2.50 bits per heavy atom. The molecule has 1 aliphatic heterocycles. The second kappa shape index (κ2) is 5.99. The predicted molar refractivity (Wildman–Crippen MR) is 78.7 cm³/mol. The minimum absolute atomic E-state index is 0.505. The third kappa shape index (κ3) is 3.02. The number of piperazine rings is 1. The molecule has 0 amide bonds. The molecule has 0 atom stereocenters. The largest absolute Gasteiger partial charge is 0.346 e. The van der Waals surface area contributed by atoms with Gasteiger partial charge in [0.15, 0.2) is 5.13 Å². The first kappa shape index (κ1) is 13.8. The summed E-state index contributed by atoms with van der Waals surface area (Å²) in [6.07, 6.45) is 0. The second-order valence-corrected chi connectivity index (χ2v) is 6.34. The van der Waals surface area contributed by atoms with Crippen LogP contribution in [0.2, 0.25) is 0 Å². The Kier molecular flexibility index (Phi) is 4.59. The van der Waals surface area contributed by atoms with E-state index in [0.29, 0.717) is 5.92 Å². The molecule has 1 saturated heterocycles. The average molecular weight is 268 g/mol. The molecular formula is C13H24N4S. The molecule has 102 valence electrons. The van der Waals surface area contributed by atoms with Crippen LogP contribution in [0.15, 0.2) is 0 Å². The van der Waals surface area contributed by atoms with Crippen LogP contribution in [0.1, 0.15) is 30.3 Å². The topological polar surface area (TPSA) is 31.4 Å². The molecule has 0 saturated carbocycles. The molecule has 18 heavy (non-hydrogen) atoms. The van der Waals surface area contributed by atoms with Crippen LogP contribution in [0, 0.1) is 0 Å². The summed E-state index contributed by atoms with van der Waals surface area (Å²) < 4.78 is 0. The molecule has 1 aromatic rings. The van der Waals surface area contributed by atoms with Crippen LogP contribution in [0.5, 0.6) is 0 Å². The van der Waals surface area contributed by atoms with Crippen LogP contribution >= 0.6 is 11.3 Å². The van der Waals surface area contributed by atoms with Gasteiger partial charge in [0.25, 0.3) is 0 Å². The summed E-state index contributed by atoms with van der Waals surface area (Å²) in [6.45, 7) is 9.85. The van der Waals surface area contributed by atoms with Crippen LogP contribution < -0.4 is 10.2 Å². The number of hydrogen-bond acceptors (Lipinski definition) is 5. The lowest BCUT2D eigenvalue weighted by atomic mass is 10.1. The lowest BCUT2D eigenvalue weighted by Crippen LogP contribution is -2.44. The maximum absolute atomic E-state index is 4.86. The molecule has 1 fully saturated rings. The minimum Gasteiger partial charge on any atom is -0.346 e. The monoisotopic (exact) mass is 268 g/mol. The summed E-state index contributed by atoms with van der Waals surface area (Å²) >= 11 is 1.85. The number of nitrogens with zero attached hydrogens (tertiary/aromatic N) is 3. The highest BCUT2D eigenvalue weighted by molar-refractivity contribution is 7.15. The van der Waals surface area contributed by atoms with Gasteiger partial charge in [-0.05, 0) is 20.0 Å². The zero-order chi connectivity index (χ0) is 13.1. The van der Waals surface area contributed by atoms with Crippen molar-refractivity contribution in [1.82, 2.24) is 15.2 Å². The third-order valence-corrected chi connectivity index (χ3v) is 4.51. The Hall–Kier alpha value is -0.650. The molecule has 0 radical (unpaired) electrons. The number of thiazole rings is 1. The van der Waals surface area contributed by atoms with E-state index in [1.54, 1.807) is 0 Å². The van der Waals surface area contributed by atoms with Gasteiger partial charge < -0.3 is 15.1 Å². The van der Waals surface area contributed by atoms with Gasteiger partial charge in [-0.2, -0.15) is 0 Å². The lowest BCUT2D eigenvalue weighted by molar-refractivity contribution is 0.312. The summed E-state index contributed by atoms with van der Waals surface area (Å²) in [7, 11) is 4.19. The zero-order valence-corrected chi connectivity index (χ0v) is 12.7.